The molecule has 0 saturated carbocycles. The van der Waals surface area contributed by atoms with Gasteiger partial charge in [0.05, 0.1) is 42.4 Å². The summed E-state index contributed by atoms with van der Waals surface area (Å²) >= 11 is 0. The summed E-state index contributed by atoms with van der Waals surface area (Å²) in [5, 5.41) is 9.99. The minimum atomic E-state index is -0.705. The average molecular weight is 467 g/mol. The van der Waals surface area contributed by atoms with Crippen molar-refractivity contribution in [3.05, 3.63) is 65.9 Å². The van der Waals surface area contributed by atoms with Gasteiger partial charge < -0.3 is 14.5 Å². The smallest absolute Gasteiger partial charge is 0.332 e. The van der Waals surface area contributed by atoms with Crippen molar-refractivity contribution >= 4 is 34.4 Å². The maximum absolute atomic E-state index is 13.6. The molecule has 174 valence electrons. The van der Waals surface area contributed by atoms with Crippen LogP contribution < -0.4 is 9.64 Å². The first-order chi connectivity index (χ1) is 17.0. The first-order valence-electron chi connectivity index (χ1n) is 11.4. The highest BCUT2D eigenvalue weighted by molar-refractivity contribution is 6.25. The molecule has 1 unspecified atom stereocenters. The monoisotopic (exact) mass is 467 g/mol. The molecule has 6 rings (SSSR count). The fraction of sp³-hybridized carbons (Fsp3) is 0.269. The zero-order valence-electron chi connectivity index (χ0n) is 18.9. The van der Waals surface area contributed by atoms with E-state index in [0.717, 1.165) is 11.3 Å². The van der Waals surface area contributed by atoms with Gasteiger partial charge in [-0.3, -0.25) is 14.6 Å². The van der Waals surface area contributed by atoms with Crippen LogP contribution in [0.2, 0.25) is 0 Å². The van der Waals surface area contributed by atoms with Crippen molar-refractivity contribution in [1.29, 1.82) is 5.26 Å². The predicted octanol–water partition coefficient (Wildman–Crippen LogP) is 2.48. The molecule has 2 bridgehead atoms. The molecule has 4 heterocycles. The van der Waals surface area contributed by atoms with E-state index in [0.29, 0.717) is 35.1 Å². The van der Waals surface area contributed by atoms with Gasteiger partial charge in [-0.05, 0) is 48.4 Å². The summed E-state index contributed by atoms with van der Waals surface area (Å²) in [4.78, 5) is 49.1. The molecule has 3 aromatic rings. The Morgan fingerprint density at radius 1 is 1.17 bits per heavy atom. The average Bonchev–Trinajstić information content (AvgIpc) is 3.55. The van der Waals surface area contributed by atoms with E-state index >= 15 is 0 Å². The van der Waals surface area contributed by atoms with Crippen LogP contribution in [0, 0.1) is 11.3 Å². The van der Waals surface area contributed by atoms with Crippen molar-refractivity contribution in [3.8, 4) is 11.8 Å². The van der Waals surface area contributed by atoms with E-state index < -0.39 is 6.04 Å². The first-order valence-corrected chi connectivity index (χ1v) is 11.4. The first kappa shape index (κ1) is 21.1. The molecular formula is C26H21N5O4. The number of hydrogen-bond acceptors (Lipinski definition) is 6. The molecule has 3 fully saturated rings. The summed E-state index contributed by atoms with van der Waals surface area (Å²) in [5.41, 5.74) is 2.09. The lowest BCUT2D eigenvalue weighted by molar-refractivity contribution is -0.135. The van der Waals surface area contributed by atoms with Gasteiger partial charge in [-0.25, -0.2) is 9.69 Å². The number of hydrogen-bond donors (Lipinski definition) is 0. The number of aromatic nitrogens is 1. The molecule has 3 atom stereocenters. The van der Waals surface area contributed by atoms with Crippen LogP contribution in [-0.4, -0.2) is 64.4 Å². The summed E-state index contributed by atoms with van der Waals surface area (Å²) in [5.74, 6) is 0.311. The van der Waals surface area contributed by atoms with Crippen molar-refractivity contribution in [2.24, 2.45) is 0 Å². The van der Waals surface area contributed by atoms with E-state index in [-0.39, 0.29) is 36.3 Å². The Kier molecular flexibility index (Phi) is 4.71. The van der Waals surface area contributed by atoms with Gasteiger partial charge in [0.2, 0.25) is 5.91 Å². The number of rotatable bonds is 4. The SMILES string of the molecule is COc1ccc(CC(=O)N2C[C@H]3CC2[C@H]2C(=O)N(c4ccc(C#N)c5ncccc45)C(=O)N32)cc1. The number of urea groups is 1. The number of likely N-dealkylation sites (tertiary alicyclic amines) is 1. The third kappa shape index (κ3) is 3.06. The van der Waals surface area contributed by atoms with Gasteiger partial charge in [-0.1, -0.05) is 12.1 Å². The van der Waals surface area contributed by atoms with Crippen LogP contribution in [0.15, 0.2) is 54.7 Å². The molecule has 4 amide bonds. The number of benzene rings is 2. The van der Waals surface area contributed by atoms with Crippen molar-refractivity contribution in [1.82, 2.24) is 14.8 Å². The van der Waals surface area contributed by atoms with Crippen LogP contribution >= 0.6 is 0 Å². The van der Waals surface area contributed by atoms with Gasteiger partial charge >= 0.3 is 6.03 Å². The summed E-state index contributed by atoms with van der Waals surface area (Å²) < 4.78 is 5.17. The number of ether oxygens (including phenoxy) is 1. The van der Waals surface area contributed by atoms with E-state index in [4.69, 9.17) is 4.74 Å². The number of fused-ring (bicyclic) bond motifs is 6. The Labute approximate surface area is 201 Å². The number of anilines is 1. The lowest BCUT2D eigenvalue weighted by Gasteiger charge is -2.35. The molecule has 0 spiro atoms. The number of pyridine rings is 1. The molecular weight excluding hydrogens is 446 g/mol. The van der Waals surface area contributed by atoms with Crippen molar-refractivity contribution < 1.29 is 19.1 Å². The van der Waals surface area contributed by atoms with E-state index in [9.17, 15) is 19.6 Å². The van der Waals surface area contributed by atoms with Gasteiger partial charge in [0.1, 0.15) is 17.9 Å². The summed E-state index contributed by atoms with van der Waals surface area (Å²) in [6.45, 7) is 0.415. The zero-order chi connectivity index (χ0) is 24.3. The predicted molar refractivity (Wildman–Crippen MR) is 126 cm³/mol. The highest BCUT2D eigenvalue weighted by Gasteiger charge is 2.62. The number of methoxy groups -OCH3 is 1. The second-order valence-electron chi connectivity index (χ2n) is 8.98. The second kappa shape index (κ2) is 7.81. The molecule has 3 saturated heterocycles. The van der Waals surface area contributed by atoms with Crippen LogP contribution in [0.5, 0.6) is 5.75 Å². The van der Waals surface area contributed by atoms with Crippen LogP contribution in [0.4, 0.5) is 10.5 Å². The Morgan fingerprint density at radius 2 is 1.97 bits per heavy atom. The molecule has 0 N–H and O–H groups in total. The van der Waals surface area contributed by atoms with Gasteiger partial charge in [0.15, 0.2) is 0 Å². The number of imide groups is 1. The molecule has 35 heavy (non-hydrogen) atoms. The van der Waals surface area contributed by atoms with Crippen LogP contribution in [0.25, 0.3) is 10.9 Å². The van der Waals surface area contributed by atoms with Crippen LogP contribution in [-0.2, 0) is 16.0 Å². The summed E-state index contributed by atoms with van der Waals surface area (Å²) in [6, 6.07) is 14.5. The van der Waals surface area contributed by atoms with E-state index in [1.165, 1.54) is 4.90 Å². The Bertz CT molecular complexity index is 1430. The van der Waals surface area contributed by atoms with Gasteiger partial charge in [-0.2, -0.15) is 5.26 Å². The number of nitrogens with zero attached hydrogens (tertiary/aromatic N) is 5. The Morgan fingerprint density at radius 3 is 2.71 bits per heavy atom. The van der Waals surface area contributed by atoms with Crippen molar-refractivity contribution in [3.63, 3.8) is 0 Å². The molecule has 1 aromatic heterocycles. The number of carbonyl (C=O) groups excluding carboxylic acids is 3. The quantitative estimate of drug-likeness (QED) is 0.546. The summed E-state index contributed by atoms with van der Waals surface area (Å²) in [6.07, 6.45) is 2.39. The number of piperazine rings is 1. The van der Waals surface area contributed by atoms with Crippen molar-refractivity contribution in [2.45, 2.75) is 31.0 Å². The normalized spacial score (nSPS) is 22.6. The van der Waals surface area contributed by atoms with Crippen molar-refractivity contribution in [2.75, 3.05) is 18.6 Å². The van der Waals surface area contributed by atoms with Crippen LogP contribution in [0.1, 0.15) is 17.5 Å². The van der Waals surface area contributed by atoms with Gasteiger partial charge in [0, 0.05) is 18.1 Å². The Hall–Kier alpha value is -4.45. The molecule has 9 nitrogen and oxygen atoms in total. The lowest BCUT2D eigenvalue weighted by Crippen LogP contribution is -2.55. The van der Waals surface area contributed by atoms with Gasteiger partial charge in [0.25, 0.3) is 5.91 Å². The van der Waals surface area contributed by atoms with Crippen LogP contribution in [0.3, 0.4) is 0 Å². The standard InChI is InChI=1S/C26H21N5O4/c1-35-18-7-4-15(5-8-18)11-22(32)29-14-17-12-21(29)24-25(33)31(26(34)30(17)24)20-9-6-16(13-27)23-19(20)3-2-10-28-23/h2-10,17,21,24H,11-12,14H2,1H3/t17-,21?,24+/m1/s1. The number of nitriles is 1. The largest absolute Gasteiger partial charge is 0.497 e. The van der Waals surface area contributed by atoms with Gasteiger partial charge in [-0.15, -0.1) is 0 Å². The lowest BCUT2D eigenvalue weighted by atomic mass is 10.1. The minimum absolute atomic E-state index is 0.0611. The molecule has 2 aromatic carbocycles. The van der Waals surface area contributed by atoms with E-state index in [1.54, 1.807) is 47.4 Å². The maximum Gasteiger partial charge on any atom is 0.332 e. The fourth-order valence-corrected chi connectivity index (χ4v) is 5.63. The molecule has 0 radical (unpaired) electrons. The second-order valence-corrected chi connectivity index (χ2v) is 8.98. The molecule has 3 aliphatic rings. The molecule has 0 aliphatic carbocycles. The minimum Gasteiger partial charge on any atom is -0.497 e. The topological polar surface area (TPSA) is 107 Å². The molecule has 3 aliphatic heterocycles. The zero-order valence-corrected chi connectivity index (χ0v) is 18.9. The maximum atomic E-state index is 13.6. The highest BCUT2D eigenvalue weighted by atomic mass is 16.5. The van der Waals surface area contributed by atoms with E-state index in [2.05, 4.69) is 11.1 Å². The fourth-order valence-electron chi connectivity index (χ4n) is 5.63. The Balaban J connectivity index is 1.28. The third-order valence-electron chi connectivity index (χ3n) is 7.21. The number of amides is 4. The third-order valence-corrected chi connectivity index (χ3v) is 7.21. The summed E-state index contributed by atoms with van der Waals surface area (Å²) in [7, 11) is 1.59. The highest BCUT2D eigenvalue weighted by Crippen LogP contribution is 2.43. The number of carbonyl (C=O) groups is 3. The molecule has 9 heteroatoms. The van der Waals surface area contributed by atoms with E-state index in [1.807, 2.05) is 24.3 Å².